The first-order valence-electron chi connectivity index (χ1n) is 10.8. The number of amides is 3. The molecular formula is C25H20N4O5S. The minimum Gasteiger partial charge on any atom is -0.495 e. The molecular weight excluding hydrogens is 468 g/mol. The van der Waals surface area contributed by atoms with Crippen LogP contribution < -0.4 is 15.6 Å². The molecule has 1 N–H and O–H groups in total. The molecule has 4 aromatic rings. The zero-order chi connectivity index (χ0) is 24.7. The fraction of sp³-hybridized carbons (Fsp3) is 0.160. The molecule has 1 aliphatic heterocycles. The van der Waals surface area contributed by atoms with E-state index in [0.717, 1.165) is 16.2 Å². The van der Waals surface area contributed by atoms with Crippen LogP contribution >= 0.6 is 11.3 Å². The molecule has 0 radical (unpaired) electrons. The van der Waals surface area contributed by atoms with Crippen molar-refractivity contribution in [3.05, 3.63) is 86.8 Å². The van der Waals surface area contributed by atoms with E-state index in [1.807, 2.05) is 0 Å². The van der Waals surface area contributed by atoms with Gasteiger partial charge < -0.3 is 10.1 Å². The number of nitrogens with zero attached hydrogens (tertiary/aromatic N) is 3. The fourth-order valence-corrected chi connectivity index (χ4v) is 5.15. The number of thiophene rings is 1. The van der Waals surface area contributed by atoms with Crippen LogP contribution in [0.25, 0.3) is 10.2 Å². The first kappa shape index (κ1) is 22.5. The molecule has 5 rings (SSSR count). The SMILES string of the molecule is COc1ccccc1NC(=O)c1sc2ncn(CCN3C(=O)c4ccccc4C3=O)c(=O)c2c1C. The molecule has 9 nitrogen and oxygen atoms in total. The lowest BCUT2D eigenvalue weighted by Crippen LogP contribution is -2.35. The average molecular weight is 489 g/mol. The smallest absolute Gasteiger partial charge is 0.266 e. The number of hydrogen-bond donors (Lipinski definition) is 1. The van der Waals surface area contributed by atoms with Crippen LogP contribution in [0, 0.1) is 6.92 Å². The number of fused-ring (bicyclic) bond motifs is 2. The largest absolute Gasteiger partial charge is 0.495 e. The number of aryl methyl sites for hydroxylation is 1. The lowest BCUT2D eigenvalue weighted by molar-refractivity contribution is 0.0648. The number of methoxy groups -OCH3 is 1. The first-order chi connectivity index (χ1) is 16.9. The number of ether oxygens (including phenoxy) is 1. The highest BCUT2D eigenvalue weighted by molar-refractivity contribution is 7.20. The molecule has 3 heterocycles. The van der Waals surface area contributed by atoms with Crippen molar-refractivity contribution in [1.29, 1.82) is 0 Å². The van der Waals surface area contributed by atoms with Gasteiger partial charge in [0.1, 0.15) is 10.6 Å². The van der Waals surface area contributed by atoms with E-state index in [2.05, 4.69) is 10.3 Å². The van der Waals surface area contributed by atoms with Crippen LogP contribution in [0.1, 0.15) is 36.0 Å². The van der Waals surface area contributed by atoms with E-state index < -0.39 is 0 Å². The Kier molecular flexibility index (Phi) is 5.65. The molecule has 0 atom stereocenters. The van der Waals surface area contributed by atoms with Gasteiger partial charge in [-0.25, -0.2) is 4.98 Å². The summed E-state index contributed by atoms with van der Waals surface area (Å²) in [6, 6.07) is 13.7. The summed E-state index contributed by atoms with van der Waals surface area (Å²) in [6.45, 7) is 1.82. The number of para-hydroxylation sites is 2. The molecule has 3 amide bonds. The summed E-state index contributed by atoms with van der Waals surface area (Å²) in [5.74, 6) is -0.607. The third-order valence-corrected chi connectivity index (χ3v) is 7.12. The molecule has 0 aliphatic carbocycles. The highest BCUT2D eigenvalue weighted by Gasteiger charge is 2.34. The van der Waals surface area contributed by atoms with Gasteiger partial charge in [-0.1, -0.05) is 24.3 Å². The van der Waals surface area contributed by atoms with Crippen LogP contribution in [-0.2, 0) is 6.54 Å². The molecule has 0 unspecified atom stereocenters. The zero-order valence-corrected chi connectivity index (χ0v) is 19.7. The van der Waals surface area contributed by atoms with Gasteiger partial charge in [-0.2, -0.15) is 0 Å². The third kappa shape index (κ3) is 3.77. The second-order valence-electron chi connectivity index (χ2n) is 7.94. The van der Waals surface area contributed by atoms with Gasteiger partial charge in [0.05, 0.1) is 40.5 Å². The van der Waals surface area contributed by atoms with Gasteiger partial charge in [0, 0.05) is 13.1 Å². The predicted molar refractivity (Wildman–Crippen MR) is 131 cm³/mol. The number of hydrogen-bond acceptors (Lipinski definition) is 7. The van der Waals surface area contributed by atoms with Crippen LogP contribution in [0.3, 0.4) is 0 Å². The molecule has 1 aliphatic rings. The van der Waals surface area contributed by atoms with Crippen molar-refractivity contribution in [2.24, 2.45) is 0 Å². The van der Waals surface area contributed by atoms with E-state index in [-0.39, 0.29) is 36.4 Å². The highest BCUT2D eigenvalue weighted by atomic mass is 32.1. The average Bonchev–Trinajstić information content (AvgIpc) is 3.33. The molecule has 2 aromatic heterocycles. The number of rotatable bonds is 6. The van der Waals surface area contributed by atoms with Gasteiger partial charge in [-0.05, 0) is 36.8 Å². The number of nitrogens with one attached hydrogen (secondary N) is 1. The maximum Gasteiger partial charge on any atom is 0.266 e. The normalized spacial score (nSPS) is 12.8. The summed E-state index contributed by atoms with van der Waals surface area (Å²) < 4.78 is 6.64. The summed E-state index contributed by atoms with van der Waals surface area (Å²) in [5, 5.41) is 3.16. The molecule has 0 saturated heterocycles. The molecule has 0 saturated carbocycles. The predicted octanol–water partition coefficient (Wildman–Crippen LogP) is 3.32. The Labute approximate surface area is 203 Å². The summed E-state index contributed by atoms with van der Waals surface area (Å²) in [4.78, 5) is 57.7. The number of aromatic nitrogens is 2. The maximum absolute atomic E-state index is 13.2. The standard InChI is InChI=1S/C25H20N4O5S/c1-14-19-22(35-20(14)21(30)27-17-9-5-6-10-18(17)34-2)26-13-28(25(19)33)11-12-29-23(31)15-7-3-4-8-16(15)24(29)32/h3-10,13H,11-12H2,1-2H3,(H,27,30). The summed E-state index contributed by atoms with van der Waals surface area (Å²) >= 11 is 1.13. The number of imide groups is 1. The minimum atomic E-state index is -0.380. The summed E-state index contributed by atoms with van der Waals surface area (Å²) in [5.41, 5.74) is 1.42. The van der Waals surface area contributed by atoms with Crippen LogP contribution in [0.2, 0.25) is 0 Å². The quantitative estimate of drug-likeness (QED) is 0.417. The van der Waals surface area contributed by atoms with E-state index in [1.54, 1.807) is 55.5 Å². The van der Waals surface area contributed by atoms with Crippen molar-refractivity contribution in [2.45, 2.75) is 13.5 Å². The third-order valence-electron chi connectivity index (χ3n) is 5.92. The molecule has 10 heteroatoms. The second kappa shape index (κ2) is 8.80. The molecule has 0 fully saturated rings. The van der Waals surface area contributed by atoms with Crippen molar-refractivity contribution in [3.63, 3.8) is 0 Å². The highest BCUT2D eigenvalue weighted by Crippen LogP contribution is 2.30. The van der Waals surface area contributed by atoms with Gasteiger partial charge in [0.15, 0.2) is 0 Å². The lowest BCUT2D eigenvalue weighted by Gasteiger charge is -2.14. The maximum atomic E-state index is 13.2. The van der Waals surface area contributed by atoms with Crippen LogP contribution in [0.5, 0.6) is 5.75 Å². The van der Waals surface area contributed by atoms with Crippen molar-refractivity contribution >= 4 is 45.0 Å². The van der Waals surface area contributed by atoms with Crippen molar-refractivity contribution in [3.8, 4) is 5.75 Å². The van der Waals surface area contributed by atoms with E-state index in [4.69, 9.17) is 4.74 Å². The Hall–Kier alpha value is -4.31. The van der Waals surface area contributed by atoms with Gasteiger partial charge in [0.2, 0.25) is 0 Å². The minimum absolute atomic E-state index is 0.0315. The Morgan fingerprint density at radius 1 is 1.00 bits per heavy atom. The molecule has 0 spiro atoms. The van der Waals surface area contributed by atoms with Crippen LogP contribution in [-0.4, -0.2) is 45.8 Å². The lowest BCUT2D eigenvalue weighted by atomic mass is 10.1. The number of benzene rings is 2. The second-order valence-corrected chi connectivity index (χ2v) is 8.94. The molecule has 0 bridgehead atoms. The Morgan fingerprint density at radius 2 is 1.66 bits per heavy atom. The Morgan fingerprint density at radius 3 is 2.34 bits per heavy atom. The first-order valence-corrected chi connectivity index (χ1v) is 11.6. The summed E-state index contributed by atoms with van der Waals surface area (Å²) in [7, 11) is 1.52. The Balaban J connectivity index is 1.39. The monoisotopic (exact) mass is 488 g/mol. The molecule has 35 heavy (non-hydrogen) atoms. The number of anilines is 1. The topological polar surface area (TPSA) is 111 Å². The van der Waals surface area contributed by atoms with Crippen molar-refractivity contribution in [2.75, 3.05) is 19.0 Å². The van der Waals surface area contributed by atoms with E-state index in [9.17, 15) is 19.2 Å². The van der Waals surface area contributed by atoms with Crippen LogP contribution in [0.15, 0.2) is 59.7 Å². The molecule has 2 aromatic carbocycles. The molecule has 176 valence electrons. The van der Waals surface area contributed by atoms with Crippen molar-refractivity contribution < 1.29 is 19.1 Å². The van der Waals surface area contributed by atoms with Gasteiger partial charge >= 0.3 is 0 Å². The van der Waals surface area contributed by atoms with Crippen LogP contribution in [0.4, 0.5) is 5.69 Å². The number of carbonyl (C=O) groups excluding carboxylic acids is 3. The Bertz CT molecular complexity index is 1540. The van der Waals surface area contributed by atoms with Gasteiger partial charge in [-0.15, -0.1) is 11.3 Å². The van der Waals surface area contributed by atoms with Gasteiger partial charge in [-0.3, -0.25) is 28.6 Å². The van der Waals surface area contributed by atoms with E-state index in [1.165, 1.54) is 18.0 Å². The van der Waals surface area contributed by atoms with E-state index in [0.29, 0.717) is 43.2 Å². The fourth-order valence-electron chi connectivity index (χ4n) is 4.11. The number of carbonyl (C=O) groups is 3. The zero-order valence-electron chi connectivity index (χ0n) is 18.9. The van der Waals surface area contributed by atoms with Gasteiger partial charge in [0.25, 0.3) is 23.3 Å². The van der Waals surface area contributed by atoms with Crippen molar-refractivity contribution in [1.82, 2.24) is 14.5 Å². The van der Waals surface area contributed by atoms with E-state index >= 15 is 0 Å². The summed E-state index contributed by atoms with van der Waals surface area (Å²) in [6.07, 6.45) is 1.38.